The van der Waals surface area contributed by atoms with Crippen LogP contribution < -0.4 is 5.32 Å². The van der Waals surface area contributed by atoms with Crippen LogP contribution in [0.1, 0.15) is 24.0 Å². The van der Waals surface area contributed by atoms with Gasteiger partial charge in [0.2, 0.25) is 0 Å². The summed E-state index contributed by atoms with van der Waals surface area (Å²) in [7, 11) is 0. The van der Waals surface area contributed by atoms with Gasteiger partial charge in [-0.3, -0.25) is 9.59 Å². The first-order chi connectivity index (χ1) is 13.7. The van der Waals surface area contributed by atoms with Crippen molar-refractivity contribution in [3.8, 4) is 0 Å². The van der Waals surface area contributed by atoms with Crippen LogP contribution in [0.25, 0.3) is 10.8 Å². The second-order valence-electron chi connectivity index (χ2n) is 7.40. The Morgan fingerprint density at radius 3 is 2.39 bits per heavy atom. The Labute approximate surface area is 164 Å². The van der Waals surface area contributed by atoms with Gasteiger partial charge < -0.3 is 10.1 Å². The van der Waals surface area contributed by atoms with Crippen LogP contribution in [0.2, 0.25) is 0 Å². The van der Waals surface area contributed by atoms with Gasteiger partial charge in [0.05, 0.1) is 6.42 Å². The molecule has 1 saturated carbocycles. The number of fused-ring (bicyclic) bond motifs is 1. The van der Waals surface area contributed by atoms with Crippen LogP contribution in [-0.2, 0) is 26.2 Å². The molecule has 1 N–H and O–H groups in total. The Hall–Kier alpha value is -3.14. The molecule has 0 spiro atoms. The van der Waals surface area contributed by atoms with Crippen molar-refractivity contribution in [2.75, 3.05) is 13.2 Å². The smallest absolute Gasteiger partial charge is 0.310 e. The predicted octanol–water partition coefficient (Wildman–Crippen LogP) is 3.77. The molecule has 0 heterocycles. The van der Waals surface area contributed by atoms with Crippen molar-refractivity contribution in [3.63, 3.8) is 0 Å². The molecule has 3 aromatic carbocycles. The molecule has 1 aliphatic rings. The molecule has 142 valence electrons. The molecule has 4 rings (SSSR count). The van der Waals surface area contributed by atoms with Gasteiger partial charge in [0.15, 0.2) is 6.61 Å². The van der Waals surface area contributed by atoms with Crippen LogP contribution in [0.4, 0.5) is 0 Å². The molecule has 4 heteroatoms. The van der Waals surface area contributed by atoms with Crippen molar-refractivity contribution in [2.24, 2.45) is 0 Å². The number of hydrogen-bond acceptors (Lipinski definition) is 3. The molecule has 0 unspecified atom stereocenters. The number of carbonyl (C=O) groups is 2. The average molecular weight is 373 g/mol. The molecule has 0 bridgehead atoms. The quantitative estimate of drug-likeness (QED) is 0.642. The molecular weight excluding hydrogens is 350 g/mol. The maximum atomic E-state index is 12.2. The summed E-state index contributed by atoms with van der Waals surface area (Å²) in [5.41, 5.74) is 2.21. The van der Waals surface area contributed by atoms with Gasteiger partial charge in [0.25, 0.3) is 5.91 Å². The predicted molar refractivity (Wildman–Crippen MR) is 109 cm³/mol. The SMILES string of the molecule is O=C(COC(=O)Cc1cccc2ccccc12)NCC1(c2ccccc2)CC1. The van der Waals surface area contributed by atoms with Crippen LogP contribution in [0.3, 0.4) is 0 Å². The molecule has 3 aromatic rings. The van der Waals surface area contributed by atoms with E-state index in [9.17, 15) is 9.59 Å². The molecular formula is C24H23NO3. The fourth-order valence-corrected chi connectivity index (χ4v) is 3.63. The third-order valence-corrected chi connectivity index (χ3v) is 5.44. The largest absolute Gasteiger partial charge is 0.455 e. The maximum absolute atomic E-state index is 12.2. The zero-order chi connectivity index (χ0) is 19.4. The number of carbonyl (C=O) groups excluding carboxylic acids is 2. The average Bonchev–Trinajstić information content (AvgIpc) is 3.53. The standard InChI is InChI=1S/C24H23NO3/c26-22(25-17-24(13-14-24)20-10-2-1-3-11-20)16-28-23(27)15-19-9-6-8-18-7-4-5-12-21(18)19/h1-12H,13-17H2,(H,25,26). The lowest BCUT2D eigenvalue weighted by Crippen LogP contribution is -2.35. The Kier molecular flexibility index (Phi) is 5.11. The summed E-state index contributed by atoms with van der Waals surface area (Å²) in [6, 6.07) is 24.0. The van der Waals surface area contributed by atoms with Crippen LogP contribution in [0.15, 0.2) is 72.8 Å². The molecule has 0 aliphatic heterocycles. The van der Waals surface area contributed by atoms with Crippen molar-refractivity contribution in [1.82, 2.24) is 5.32 Å². The maximum Gasteiger partial charge on any atom is 0.310 e. The normalized spacial score (nSPS) is 14.4. The van der Waals surface area contributed by atoms with Gasteiger partial charge in [-0.05, 0) is 34.7 Å². The highest BCUT2D eigenvalue weighted by atomic mass is 16.5. The van der Waals surface area contributed by atoms with Gasteiger partial charge in [0.1, 0.15) is 0 Å². The fourth-order valence-electron chi connectivity index (χ4n) is 3.63. The number of hydrogen-bond donors (Lipinski definition) is 1. The van der Waals surface area contributed by atoms with Gasteiger partial charge >= 0.3 is 5.97 Å². The van der Waals surface area contributed by atoms with E-state index in [1.54, 1.807) is 0 Å². The Morgan fingerprint density at radius 2 is 1.61 bits per heavy atom. The van der Waals surface area contributed by atoms with E-state index in [1.807, 2.05) is 60.7 Å². The Balaban J connectivity index is 1.27. The first kappa shape index (κ1) is 18.2. The van der Waals surface area contributed by atoms with Gasteiger partial charge in [-0.1, -0.05) is 72.8 Å². The Morgan fingerprint density at radius 1 is 0.893 bits per heavy atom. The van der Waals surface area contributed by atoms with Gasteiger partial charge in [0, 0.05) is 12.0 Å². The van der Waals surface area contributed by atoms with E-state index in [1.165, 1.54) is 5.56 Å². The number of esters is 1. The van der Waals surface area contributed by atoms with Crippen molar-refractivity contribution >= 4 is 22.6 Å². The lowest BCUT2D eigenvalue weighted by Gasteiger charge is -2.16. The van der Waals surface area contributed by atoms with E-state index in [0.717, 1.165) is 29.2 Å². The van der Waals surface area contributed by atoms with E-state index in [0.29, 0.717) is 6.54 Å². The minimum atomic E-state index is -0.393. The zero-order valence-electron chi connectivity index (χ0n) is 15.7. The monoisotopic (exact) mass is 373 g/mol. The molecule has 1 fully saturated rings. The van der Waals surface area contributed by atoms with E-state index in [-0.39, 0.29) is 24.3 Å². The topological polar surface area (TPSA) is 55.4 Å². The third kappa shape index (κ3) is 4.06. The summed E-state index contributed by atoms with van der Waals surface area (Å²) < 4.78 is 5.20. The summed E-state index contributed by atoms with van der Waals surface area (Å²) in [5, 5.41) is 5.03. The molecule has 0 atom stereocenters. The van der Waals surface area contributed by atoms with Crippen molar-refractivity contribution in [3.05, 3.63) is 83.9 Å². The third-order valence-electron chi connectivity index (χ3n) is 5.44. The van der Waals surface area contributed by atoms with Crippen LogP contribution >= 0.6 is 0 Å². The number of benzene rings is 3. The minimum Gasteiger partial charge on any atom is -0.455 e. The molecule has 1 amide bonds. The van der Waals surface area contributed by atoms with Crippen LogP contribution in [0.5, 0.6) is 0 Å². The number of rotatable bonds is 7. The molecule has 4 nitrogen and oxygen atoms in total. The summed E-state index contributed by atoms with van der Waals surface area (Å²) in [6.07, 6.45) is 2.29. The highest BCUT2D eigenvalue weighted by Gasteiger charge is 2.44. The van der Waals surface area contributed by atoms with Gasteiger partial charge in [-0.2, -0.15) is 0 Å². The zero-order valence-corrected chi connectivity index (χ0v) is 15.7. The van der Waals surface area contributed by atoms with Gasteiger partial charge in [-0.25, -0.2) is 0 Å². The van der Waals surface area contributed by atoms with E-state index in [2.05, 4.69) is 17.4 Å². The lowest BCUT2D eigenvalue weighted by molar-refractivity contribution is -0.147. The molecule has 0 radical (unpaired) electrons. The van der Waals surface area contributed by atoms with Gasteiger partial charge in [-0.15, -0.1) is 0 Å². The first-order valence-electron chi connectivity index (χ1n) is 9.61. The number of nitrogens with one attached hydrogen (secondary N) is 1. The summed E-state index contributed by atoms with van der Waals surface area (Å²) in [4.78, 5) is 24.3. The number of ether oxygens (including phenoxy) is 1. The van der Waals surface area contributed by atoms with E-state index in [4.69, 9.17) is 4.74 Å². The molecule has 0 aromatic heterocycles. The molecule has 0 saturated heterocycles. The Bertz CT molecular complexity index is 988. The number of amides is 1. The lowest BCUT2D eigenvalue weighted by atomic mass is 9.96. The van der Waals surface area contributed by atoms with E-state index >= 15 is 0 Å². The van der Waals surface area contributed by atoms with Crippen LogP contribution in [0, 0.1) is 0 Å². The fraction of sp³-hybridized carbons (Fsp3) is 0.250. The second-order valence-corrected chi connectivity index (χ2v) is 7.40. The summed E-state index contributed by atoms with van der Waals surface area (Å²) in [5.74, 6) is -0.649. The summed E-state index contributed by atoms with van der Waals surface area (Å²) >= 11 is 0. The van der Waals surface area contributed by atoms with Crippen LogP contribution in [-0.4, -0.2) is 25.0 Å². The van der Waals surface area contributed by atoms with Crippen molar-refractivity contribution in [2.45, 2.75) is 24.7 Å². The first-order valence-corrected chi connectivity index (χ1v) is 9.61. The van der Waals surface area contributed by atoms with E-state index < -0.39 is 5.97 Å². The summed E-state index contributed by atoms with van der Waals surface area (Å²) in [6.45, 7) is 0.338. The highest BCUT2D eigenvalue weighted by molar-refractivity contribution is 5.89. The minimum absolute atomic E-state index is 0.0455. The second kappa shape index (κ2) is 7.85. The highest BCUT2D eigenvalue weighted by Crippen LogP contribution is 2.47. The molecule has 28 heavy (non-hydrogen) atoms. The van der Waals surface area contributed by atoms with Crippen molar-refractivity contribution < 1.29 is 14.3 Å². The van der Waals surface area contributed by atoms with Crippen molar-refractivity contribution in [1.29, 1.82) is 0 Å². The molecule has 1 aliphatic carbocycles.